The second-order valence-corrected chi connectivity index (χ2v) is 3.45. The third kappa shape index (κ3) is 4.46. The summed E-state index contributed by atoms with van der Waals surface area (Å²) in [7, 11) is 1.47. The van der Waals surface area contributed by atoms with Crippen LogP contribution in [0.15, 0.2) is 18.2 Å². The van der Waals surface area contributed by atoms with Crippen LogP contribution in [0.3, 0.4) is 0 Å². The number of hydrogen-bond donors (Lipinski definition) is 3. The third-order valence-electron chi connectivity index (χ3n) is 2.06. The van der Waals surface area contributed by atoms with Crippen molar-refractivity contribution < 1.29 is 18.4 Å². The zero-order chi connectivity index (χ0) is 13.5. The Bertz CT molecular complexity index is 452. The van der Waals surface area contributed by atoms with Gasteiger partial charge in [0.25, 0.3) is 0 Å². The summed E-state index contributed by atoms with van der Waals surface area (Å²) >= 11 is 0. The Morgan fingerprint density at radius 3 is 2.44 bits per heavy atom. The quantitative estimate of drug-likeness (QED) is 0.707. The van der Waals surface area contributed by atoms with Crippen LogP contribution < -0.4 is 16.0 Å². The molecule has 1 aromatic rings. The molecule has 0 unspecified atom stereocenters. The lowest BCUT2D eigenvalue weighted by atomic mass is 10.3. The molecule has 5 nitrogen and oxygen atoms in total. The summed E-state index contributed by atoms with van der Waals surface area (Å²) in [5, 5.41) is 7.19. The van der Waals surface area contributed by atoms with E-state index >= 15 is 0 Å². The number of hydrogen-bond acceptors (Lipinski definition) is 3. The Hall–Kier alpha value is -2.02. The van der Waals surface area contributed by atoms with Crippen molar-refractivity contribution in [1.82, 2.24) is 10.6 Å². The van der Waals surface area contributed by atoms with Crippen LogP contribution in [0.25, 0.3) is 0 Å². The van der Waals surface area contributed by atoms with Gasteiger partial charge in [0.15, 0.2) is 0 Å². The highest BCUT2D eigenvalue weighted by molar-refractivity contribution is 5.92. The van der Waals surface area contributed by atoms with E-state index < -0.39 is 17.5 Å². The molecule has 1 rings (SSSR count). The number of carbonyl (C=O) groups is 2. The van der Waals surface area contributed by atoms with Crippen molar-refractivity contribution in [3.63, 3.8) is 0 Å². The van der Waals surface area contributed by atoms with Crippen molar-refractivity contribution in [1.29, 1.82) is 0 Å². The highest BCUT2D eigenvalue weighted by Gasteiger charge is 2.08. The number of carbonyl (C=O) groups excluding carboxylic acids is 2. The summed E-state index contributed by atoms with van der Waals surface area (Å²) < 4.78 is 25.8. The van der Waals surface area contributed by atoms with Gasteiger partial charge in [-0.1, -0.05) is 0 Å². The monoisotopic (exact) mass is 257 g/mol. The van der Waals surface area contributed by atoms with Crippen molar-refractivity contribution in [2.24, 2.45) is 0 Å². The van der Waals surface area contributed by atoms with E-state index in [1.807, 2.05) is 0 Å². The molecule has 0 radical (unpaired) electrons. The highest BCUT2D eigenvalue weighted by Crippen LogP contribution is 2.14. The number of likely N-dealkylation sites (N-methyl/N-ethyl adjacent to an activating group) is 1. The van der Waals surface area contributed by atoms with E-state index in [9.17, 15) is 18.4 Å². The maximum atomic E-state index is 13.2. The van der Waals surface area contributed by atoms with E-state index in [2.05, 4.69) is 16.0 Å². The van der Waals surface area contributed by atoms with Gasteiger partial charge in [0.05, 0.1) is 18.8 Å². The van der Waals surface area contributed by atoms with Crippen molar-refractivity contribution in [3.05, 3.63) is 29.8 Å². The zero-order valence-corrected chi connectivity index (χ0v) is 9.72. The van der Waals surface area contributed by atoms with Crippen LogP contribution in [-0.2, 0) is 9.59 Å². The summed E-state index contributed by atoms with van der Waals surface area (Å²) in [6.45, 7) is -0.167. The lowest BCUT2D eigenvalue weighted by Gasteiger charge is -2.07. The molecule has 0 heterocycles. The fourth-order valence-corrected chi connectivity index (χ4v) is 1.16. The lowest BCUT2D eigenvalue weighted by Crippen LogP contribution is -2.36. The van der Waals surface area contributed by atoms with E-state index in [4.69, 9.17) is 0 Å². The summed E-state index contributed by atoms with van der Waals surface area (Å²) in [6, 6.07) is 2.84. The minimum atomic E-state index is -0.852. The van der Waals surface area contributed by atoms with Crippen LogP contribution in [0.2, 0.25) is 0 Å². The summed E-state index contributed by atoms with van der Waals surface area (Å²) in [5.74, 6) is -2.36. The molecule has 18 heavy (non-hydrogen) atoms. The molecular formula is C11H13F2N3O2. The topological polar surface area (TPSA) is 70.2 Å². The SMILES string of the molecule is CNC(=O)CNCC(=O)Nc1ccc(F)cc1F. The van der Waals surface area contributed by atoms with Gasteiger partial charge in [0.1, 0.15) is 11.6 Å². The maximum Gasteiger partial charge on any atom is 0.238 e. The van der Waals surface area contributed by atoms with Gasteiger partial charge in [-0.2, -0.15) is 0 Å². The first-order valence-electron chi connectivity index (χ1n) is 5.19. The molecule has 0 aromatic heterocycles. The molecule has 7 heteroatoms. The minimum absolute atomic E-state index is 0.0180. The normalized spacial score (nSPS) is 9.94. The predicted octanol–water partition coefficient (Wildman–Crippen LogP) is 0.239. The van der Waals surface area contributed by atoms with Gasteiger partial charge in [0, 0.05) is 13.1 Å². The van der Waals surface area contributed by atoms with Crippen molar-refractivity contribution >= 4 is 17.5 Å². The number of halogens is 2. The van der Waals surface area contributed by atoms with Crippen LogP contribution in [0, 0.1) is 11.6 Å². The smallest absolute Gasteiger partial charge is 0.238 e. The second-order valence-electron chi connectivity index (χ2n) is 3.45. The van der Waals surface area contributed by atoms with Crippen LogP contribution >= 0.6 is 0 Å². The Labute approximate surface area is 103 Å². The largest absolute Gasteiger partial charge is 0.358 e. The standard InChI is InChI=1S/C11H13F2N3O2/c1-14-10(17)5-15-6-11(18)16-9-3-2-7(12)4-8(9)13/h2-4,15H,5-6H2,1H3,(H,14,17)(H,16,18). The molecule has 2 amide bonds. The molecule has 1 aromatic carbocycles. The molecular weight excluding hydrogens is 244 g/mol. The van der Waals surface area contributed by atoms with Gasteiger partial charge in [-0.05, 0) is 12.1 Å². The highest BCUT2D eigenvalue weighted by atomic mass is 19.1. The Kier molecular flexibility index (Phi) is 5.19. The van der Waals surface area contributed by atoms with E-state index in [0.29, 0.717) is 6.07 Å². The zero-order valence-electron chi connectivity index (χ0n) is 9.72. The average molecular weight is 257 g/mol. The third-order valence-corrected chi connectivity index (χ3v) is 2.06. The number of amides is 2. The van der Waals surface area contributed by atoms with Gasteiger partial charge < -0.3 is 10.6 Å². The molecule has 3 N–H and O–H groups in total. The van der Waals surface area contributed by atoms with Crippen molar-refractivity contribution in [3.8, 4) is 0 Å². The van der Waals surface area contributed by atoms with E-state index in [-0.39, 0.29) is 24.7 Å². The van der Waals surface area contributed by atoms with Crippen molar-refractivity contribution in [2.75, 3.05) is 25.5 Å². The molecule has 0 aliphatic heterocycles. The van der Waals surface area contributed by atoms with Gasteiger partial charge in [-0.15, -0.1) is 0 Å². The molecule has 0 atom stereocenters. The number of nitrogens with one attached hydrogen (secondary N) is 3. The van der Waals surface area contributed by atoms with E-state index in [0.717, 1.165) is 12.1 Å². The van der Waals surface area contributed by atoms with Crippen LogP contribution in [0.4, 0.5) is 14.5 Å². The lowest BCUT2D eigenvalue weighted by molar-refractivity contribution is -0.120. The fourth-order valence-electron chi connectivity index (χ4n) is 1.16. The molecule has 0 saturated carbocycles. The van der Waals surface area contributed by atoms with Gasteiger partial charge in [-0.25, -0.2) is 8.78 Å². The molecule has 98 valence electrons. The van der Waals surface area contributed by atoms with Gasteiger partial charge >= 0.3 is 0 Å². The molecule has 0 fully saturated rings. The van der Waals surface area contributed by atoms with E-state index in [1.165, 1.54) is 7.05 Å². The second kappa shape index (κ2) is 6.65. The van der Waals surface area contributed by atoms with Crippen LogP contribution in [-0.4, -0.2) is 32.0 Å². The molecule has 0 aliphatic carbocycles. The first-order chi connectivity index (χ1) is 8.52. The molecule has 0 saturated heterocycles. The predicted molar refractivity (Wildman–Crippen MR) is 61.9 cm³/mol. The van der Waals surface area contributed by atoms with Gasteiger partial charge in [0.2, 0.25) is 11.8 Å². The summed E-state index contributed by atoms with van der Waals surface area (Å²) in [6.07, 6.45) is 0. The molecule has 0 aliphatic rings. The summed E-state index contributed by atoms with van der Waals surface area (Å²) in [4.78, 5) is 22.2. The Morgan fingerprint density at radius 1 is 1.17 bits per heavy atom. The first kappa shape index (κ1) is 14.0. The Balaban J connectivity index is 2.42. The summed E-state index contributed by atoms with van der Waals surface area (Å²) in [5.41, 5.74) is -0.108. The Morgan fingerprint density at radius 2 is 1.83 bits per heavy atom. The van der Waals surface area contributed by atoms with Crippen LogP contribution in [0.5, 0.6) is 0 Å². The average Bonchev–Trinajstić information content (AvgIpc) is 2.32. The van der Waals surface area contributed by atoms with Crippen LogP contribution in [0.1, 0.15) is 0 Å². The molecule has 0 bridgehead atoms. The molecule has 0 spiro atoms. The maximum absolute atomic E-state index is 13.2. The number of anilines is 1. The van der Waals surface area contributed by atoms with Gasteiger partial charge in [-0.3, -0.25) is 14.9 Å². The number of rotatable bonds is 5. The number of benzene rings is 1. The minimum Gasteiger partial charge on any atom is -0.358 e. The fraction of sp³-hybridized carbons (Fsp3) is 0.273. The van der Waals surface area contributed by atoms with E-state index in [1.54, 1.807) is 0 Å². The van der Waals surface area contributed by atoms with Crippen molar-refractivity contribution in [2.45, 2.75) is 0 Å². The first-order valence-corrected chi connectivity index (χ1v) is 5.19.